The van der Waals surface area contributed by atoms with Crippen LogP contribution in [0.2, 0.25) is 0 Å². The molecule has 0 saturated heterocycles. The number of nitrogens with one attached hydrogen (secondary N) is 1. The molecule has 2 aromatic carbocycles. The van der Waals surface area contributed by atoms with E-state index < -0.39 is 0 Å². The summed E-state index contributed by atoms with van der Waals surface area (Å²) in [5.74, 6) is 0. The minimum Gasteiger partial charge on any atom is -0.381 e. The second-order valence-electron chi connectivity index (χ2n) is 3.97. The van der Waals surface area contributed by atoms with Crippen molar-refractivity contribution in [3.63, 3.8) is 0 Å². The van der Waals surface area contributed by atoms with Crippen molar-refractivity contribution in [1.29, 1.82) is 0 Å². The highest BCUT2D eigenvalue weighted by atomic mass is 32.2. The van der Waals surface area contributed by atoms with Gasteiger partial charge in [-0.2, -0.15) is 0 Å². The quantitative estimate of drug-likeness (QED) is 0.510. The van der Waals surface area contributed by atoms with E-state index >= 15 is 0 Å². The third kappa shape index (κ3) is 3.48. The molecule has 0 aliphatic rings. The summed E-state index contributed by atoms with van der Waals surface area (Å²) in [5, 5.41) is 14.1. The fourth-order valence-electron chi connectivity index (χ4n) is 1.77. The minimum atomic E-state index is -0.352. The molecule has 0 aliphatic heterocycles. The number of para-hydroxylation sites is 1. The Hall–Kier alpha value is -2.01. The summed E-state index contributed by atoms with van der Waals surface area (Å²) in [6.07, 6.45) is 2.02. The number of rotatable bonds is 5. The SMILES string of the molecule is CSc1cccc(NCc2ccccc2[N+](=O)[O-])c1. The van der Waals surface area contributed by atoms with Crippen LogP contribution in [0.25, 0.3) is 0 Å². The zero-order valence-electron chi connectivity index (χ0n) is 10.5. The summed E-state index contributed by atoms with van der Waals surface area (Å²) in [5.41, 5.74) is 1.79. The van der Waals surface area contributed by atoms with Crippen LogP contribution in [0.1, 0.15) is 5.56 Å². The third-order valence-electron chi connectivity index (χ3n) is 2.74. The summed E-state index contributed by atoms with van der Waals surface area (Å²) >= 11 is 1.66. The molecule has 1 N–H and O–H groups in total. The molecular weight excluding hydrogens is 260 g/mol. The lowest BCUT2D eigenvalue weighted by Gasteiger charge is -2.08. The average Bonchev–Trinajstić information content (AvgIpc) is 2.45. The Kier molecular flexibility index (Phi) is 4.41. The number of nitrogens with zero attached hydrogens (tertiary/aromatic N) is 1. The number of thioether (sulfide) groups is 1. The second-order valence-corrected chi connectivity index (χ2v) is 4.85. The molecule has 0 radical (unpaired) electrons. The predicted octanol–water partition coefficient (Wildman–Crippen LogP) is 3.93. The van der Waals surface area contributed by atoms with Crippen LogP contribution < -0.4 is 5.32 Å². The lowest BCUT2D eigenvalue weighted by atomic mass is 10.2. The van der Waals surface area contributed by atoms with E-state index in [-0.39, 0.29) is 10.6 Å². The monoisotopic (exact) mass is 274 g/mol. The summed E-state index contributed by atoms with van der Waals surface area (Å²) < 4.78 is 0. The molecule has 0 spiro atoms. The van der Waals surface area contributed by atoms with E-state index in [1.807, 2.05) is 36.6 Å². The number of anilines is 1. The molecule has 0 fully saturated rings. The van der Waals surface area contributed by atoms with Gasteiger partial charge in [0.25, 0.3) is 5.69 Å². The number of nitro benzene ring substituents is 1. The highest BCUT2D eigenvalue weighted by Crippen LogP contribution is 2.22. The molecule has 0 heterocycles. The standard InChI is InChI=1S/C14H14N2O2S/c1-19-13-7-4-6-12(9-13)15-10-11-5-2-3-8-14(11)16(17)18/h2-9,15H,10H2,1H3. The first-order valence-corrected chi connectivity index (χ1v) is 7.03. The zero-order chi connectivity index (χ0) is 13.7. The molecule has 0 bridgehead atoms. The maximum absolute atomic E-state index is 10.9. The maximum atomic E-state index is 10.9. The molecule has 0 atom stereocenters. The van der Waals surface area contributed by atoms with Gasteiger partial charge in [0, 0.05) is 28.8 Å². The molecule has 0 unspecified atom stereocenters. The summed E-state index contributed by atoms with van der Waals surface area (Å²) in [4.78, 5) is 11.7. The van der Waals surface area contributed by atoms with Gasteiger partial charge in [0.15, 0.2) is 0 Å². The maximum Gasteiger partial charge on any atom is 0.274 e. The van der Waals surface area contributed by atoms with Crippen molar-refractivity contribution < 1.29 is 4.92 Å². The lowest BCUT2D eigenvalue weighted by Crippen LogP contribution is -2.02. The molecule has 98 valence electrons. The largest absolute Gasteiger partial charge is 0.381 e. The molecule has 0 aromatic heterocycles. The predicted molar refractivity (Wildman–Crippen MR) is 78.6 cm³/mol. The van der Waals surface area contributed by atoms with Crippen LogP contribution in [0, 0.1) is 10.1 Å². The highest BCUT2D eigenvalue weighted by Gasteiger charge is 2.11. The van der Waals surface area contributed by atoms with Gasteiger partial charge in [-0.1, -0.05) is 24.3 Å². The molecule has 2 aromatic rings. The molecule has 19 heavy (non-hydrogen) atoms. The van der Waals surface area contributed by atoms with Gasteiger partial charge in [-0.05, 0) is 24.5 Å². The Morgan fingerprint density at radius 2 is 2.00 bits per heavy atom. The van der Waals surface area contributed by atoms with Crippen LogP contribution in [0.5, 0.6) is 0 Å². The van der Waals surface area contributed by atoms with Gasteiger partial charge in [0.1, 0.15) is 0 Å². The van der Waals surface area contributed by atoms with E-state index in [9.17, 15) is 10.1 Å². The normalized spacial score (nSPS) is 10.2. The van der Waals surface area contributed by atoms with Gasteiger partial charge >= 0.3 is 0 Å². The second kappa shape index (κ2) is 6.24. The van der Waals surface area contributed by atoms with E-state index in [0.29, 0.717) is 12.1 Å². The number of hydrogen-bond donors (Lipinski definition) is 1. The van der Waals surface area contributed by atoms with Crippen molar-refractivity contribution in [1.82, 2.24) is 0 Å². The summed E-state index contributed by atoms with van der Waals surface area (Å²) in [6, 6.07) is 14.7. The molecule has 0 aliphatic carbocycles. The Labute approximate surface area is 116 Å². The van der Waals surface area contributed by atoms with E-state index in [1.165, 1.54) is 6.07 Å². The van der Waals surface area contributed by atoms with E-state index in [4.69, 9.17) is 0 Å². The Morgan fingerprint density at radius 3 is 2.74 bits per heavy atom. The molecule has 2 rings (SSSR count). The summed E-state index contributed by atoms with van der Waals surface area (Å²) in [7, 11) is 0. The first kappa shape index (κ1) is 13.4. The van der Waals surface area contributed by atoms with Crippen molar-refractivity contribution in [3.05, 3.63) is 64.2 Å². The Bertz CT molecular complexity index is 587. The van der Waals surface area contributed by atoms with Crippen LogP contribution >= 0.6 is 11.8 Å². The van der Waals surface area contributed by atoms with E-state index in [1.54, 1.807) is 23.9 Å². The smallest absolute Gasteiger partial charge is 0.274 e. The highest BCUT2D eigenvalue weighted by molar-refractivity contribution is 7.98. The molecule has 0 saturated carbocycles. The van der Waals surface area contributed by atoms with Crippen molar-refractivity contribution in [2.24, 2.45) is 0 Å². The van der Waals surface area contributed by atoms with Crippen LogP contribution in [0.3, 0.4) is 0 Å². The van der Waals surface area contributed by atoms with Gasteiger partial charge in [-0.25, -0.2) is 0 Å². The average molecular weight is 274 g/mol. The van der Waals surface area contributed by atoms with Crippen molar-refractivity contribution in [3.8, 4) is 0 Å². The van der Waals surface area contributed by atoms with Gasteiger partial charge in [0.2, 0.25) is 0 Å². The first-order chi connectivity index (χ1) is 9.20. The van der Waals surface area contributed by atoms with Crippen LogP contribution in [-0.4, -0.2) is 11.2 Å². The molecule has 4 nitrogen and oxygen atoms in total. The van der Waals surface area contributed by atoms with E-state index in [2.05, 4.69) is 5.32 Å². The van der Waals surface area contributed by atoms with Crippen LogP contribution in [-0.2, 0) is 6.54 Å². The minimum absolute atomic E-state index is 0.149. The fraction of sp³-hybridized carbons (Fsp3) is 0.143. The van der Waals surface area contributed by atoms with Gasteiger partial charge in [-0.3, -0.25) is 10.1 Å². The van der Waals surface area contributed by atoms with Crippen LogP contribution in [0.4, 0.5) is 11.4 Å². The van der Waals surface area contributed by atoms with Crippen molar-refractivity contribution in [2.75, 3.05) is 11.6 Å². The van der Waals surface area contributed by atoms with Gasteiger partial charge in [-0.15, -0.1) is 11.8 Å². The molecule has 0 amide bonds. The van der Waals surface area contributed by atoms with Crippen molar-refractivity contribution >= 4 is 23.1 Å². The molecular formula is C14H14N2O2S. The topological polar surface area (TPSA) is 55.2 Å². The number of nitro groups is 1. The van der Waals surface area contributed by atoms with Crippen LogP contribution in [0.15, 0.2) is 53.4 Å². The lowest BCUT2D eigenvalue weighted by molar-refractivity contribution is -0.385. The van der Waals surface area contributed by atoms with Gasteiger partial charge < -0.3 is 5.32 Å². The Balaban J connectivity index is 2.12. The number of hydrogen-bond acceptors (Lipinski definition) is 4. The first-order valence-electron chi connectivity index (χ1n) is 5.81. The summed E-state index contributed by atoms with van der Waals surface area (Å²) in [6.45, 7) is 0.439. The fourth-order valence-corrected chi connectivity index (χ4v) is 2.23. The van der Waals surface area contributed by atoms with Gasteiger partial charge in [0.05, 0.1) is 4.92 Å². The third-order valence-corrected chi connectivity index (χ3v) is 3.47. The Morgan fingerprint density at radius 1 is 1.21 bits per heavy atom. The van der Waals surface area contributed by atoms with Crippen molar-refractivity contribution in [2.45, 2.75) is 11.4 Å². The van der Waals surface area contributed by atoms with E-state index in [0.717, 1.165) is 10.6 Å². The zero-order valence-corrected chi connectivity index (χ0v) is 11.3. The number of benzene rings is 2. The molecule has 5 heteroatoms.